The first-order chi connectivity index (χ1) is 7.68. The van der Waals surface area contributed by atoms with Crippen molar-refractivity contribution < 1.29 is 21.6 Å². The van der Waals surface area contributed by atoms with E-state index in [4.69, 9.17) is 0 Å². The third kappa shape index (κ3) is 3.59. The lowest BCUT2D eigenvalue weighted by molar-refractivity contribution is -0.578. The van der Waals surface area contributed by atoms with E-state index in [2.05, 4.69) is 55.7 Å². The smallest absolute Gasteiger partial charge is 0.208 e. The summed E-state index contributed by atoms with van der Waals surface area (Å²) in [5.74, 6) is 1.98. The van der Waals surface area contributed by atoms with Crippen LogP contribution in [-0.2, 0) is 6.54 Å². The molecule has 1 heterocycles. The van der Waals surface area contributed by atoms with E-state index in [-0.39, 0.29) is 17.0 Å². The van der Waals surface area contributed by atoms with Gasteiger partial charge in [0, 0.05) is 18.4 Å². The number of thioether (sulfide) groups is 1. The highest BCUT2D eigenvalue weighted by atomic mass is 79.9. The first-order valence-corrected chi connectivity index (χ1v) is 6.94. The molecule has 0 saturated carbocycles. The quantitative estimate of drug-likeness (QED) is 0.730. The van der Waals surface area contributed by atoms with E-state index in [1.165, 1.54) is 16.4 Å². The first-order valence-electron chi connectivity index (χ1n) is 5.95. The van der Waals surface area contributed by atoms with Crippen LogP contribution in [0.3, 0.4) is 0 Å². The van der Waals surface area contributed by atoms with Gasteiger partial charge in [-0.25, -0.2) is 4.58 Å². The van der Waals surface area contributed by atoms with E-state index in [0.29, 0.717) is 6.04 Å². The fourth-order valence-corrected chi connectivity index (χ4v) is 3.52. The lowest BCUT2D eigenvalue weighted by atomic mass is 10.1. The molecule has 1 aromatic rings. The van der Waals surface area contributed by atoms with E-state index in [1.807, 2.05) is 11.8 Å². The van der Waals surface area contributed by atoms with Crippen LogP contribution >= 0.6 is 11.8 Å². The average molecular weight is 314 g/mol. The molecule has 0 saturated heterocycles. The summed E-state index contributed by atoms with van der Waals surface area (Å²) in [6, 6.07) is 11.5. The highest BCUT2D eigenvalue weighted by Crippen LogP contribution is 2.24. The van der Waals surface area contributed by atoms with Crippen LogP contribution in [0, 0.1) is 5.92 Å². The summed E-state index contributed by atoms with van der Waals surface area (Å²) in [5, 5.41) is 1.47. The zero-order valence-corrected chi connectivity index (χ0v) is 13.1. The number of hydrogen-bond donors (Lipinski definition) is 0. The largest absolute Gasteiger partial charge is 1.00 e. The zero-order chi connectivity index (χ0) is 11.5. The van der Waals surface area contributed by atoms with E-state index >= 15 is 0 Å². The van der Waals surface area contributed by atoms with Gasteiger partial charge in [-0.1, -0.05) is 55.9 Å². The van der Waals surface area contributed by atoms with Crippen molar-refractivity contribution in [1.82, 2.24) is 0 Å². The normalized spacial score (nSPS) is 19.6. The van der Waals surface area contributed by atoms with Crippen LogP contribution in [0.4, 0.5) is 0 Å². The minimum atomic E-state index is 0. The molecule has 1 aliphatic rings. The lowest BCUT2D eigenvalue weighted by Crippen LogP contribution is -3.00. The number of nitrogens with zero attached hydrogens (tertiary/aromatic N) is 1. The zero-order valence-electron chi connectivity index (χ0n) is 10.7. The van der Waals surface area contributed by atoms with Crippen molar-refractivity contribution >= 4 is 16.8 Å². The predicted molar refractivity (Wildman–Crippen MR) is 72.2 cm³/mol. The molecule has 0 fully saturated rings. The van der Waals surface area contributed by atoms with Crippen molar-refractivity contribution in [3.63, 3.8) is 0 Å². The highest BCUT2D eigenvalue weighted by molar-refractivity contribution is 8.13. The Kier molecular flexibility index (Phi) is 5.74. The molecule has 0 N–H and O–H groups in total. The second-order valence-electron chi connectivity index (χ2n) is 4.75. The molecular weight excluding hydrogens is 294 g/mol. The van der Waals surface area contributed by atoms with Gasteiger partial charge in [0.2, 0.25) is 5.04 Å². The summed E-state index contributed by atoms with van der Waals surface area (Å²) < 4.78 is 2.56. The Morgan fingerprint density at radius 1 is 1.29 bits per heavy atom. The number of benzene rings is 1. The molecule has 0 aromatic heterocycles. The monoisotopic (exact) mass is 313 g/mol. The molecular formula is C14H20BrNS. The summed E-state index contributed by atoms with van der Waals surface area (Å²) in [4.78, 5) is 0. The van der Waals surface area contributed by atoms with Crippen molar-refractivity contribution in [2.24, 2.45) is 5.92 Å². The van der Waals surface area contributed by atoms with Crippen molar-refractivity contribution in [3.8, 4) is 0 Å². The molecule has 1 nitrogen and oxygen atoms in total. The summed E-state index contributed by atoms with van der Waals surface area (Å²) in [7, 11) is 0. The third-order valence-electron chi connectivity index (χ3n) is 3.23. The van der Waals surface area contributed by atoms with Gasteiger partial charge in [0.25, 0.3) is 0 Å². The van der Waals surface area contributed by atoms with E-state index < -0.39 is 0 Å². The second-order valence-corrected chi connectivity index (χ2v) is 5.97. The van der Waals surface area contributed by atoms with Crippen molar-refractivity contribution in [1.29, 1.82) is 0 Å². The molecule has 17 heavy (non-hydrogen) atoms. The van der Waals surface area contributed by atoms with Gasteiger partial charge in [-0.3, -0.25) is 0 Å². The second kappa shape index (κ2) is 6.60. The standard InChI is InChI=1S/C14H20NS.BrH/c1-11(2)14-10-16-12(3)15(14)9-13-7-5-4-6-8-13;/h4-8,11,14H,9-10H2,1-3H3;1H/q+1;/p-1/t14-;/m1./s1. The Morgan fingerprint density at radius 2 is 1.94 bits per heavy atom. The van der Waals surface area contributed by atoms with Gasteiger partial charge in [0.1, 0.15) is 0 Å². The van der Waals surface area contributed by atoms with Crippen LogP contribution in [0.25, 0.3) is 0 Å². The number of halogens is 1. The van der Waals surface area contributed by atoms with Gasteiger partial charge in [-0.2, -0.15) is 0 Å². The fourth-order valence-electron chi connectivity index (χ4n) is 2.17. The SMILES string of the molecule is CC1=[N+](Cc2ccccc2)[C@@H](C(C)C)CS1.[Br-]. The molecule has 0 spiro atoms. The predicted octanol–water partition coefficient (Wildman–Crippen LogP) is 0.393. The minimum absolute atomic E-state index is 0. The molecule has 0 radical (unpaired) electrons. The maximum Gasteiger partial charge on any atom is 0.208 e. The lowest BCUT2D eigenvalue weighted by Gasteiger charge is -2.13. The summed E-state index contributed by atoms with van der Waals surface area (Å²) in [5.41, 5.74) is 1.41. The Hall–Kier alpha value is -0.280. The Labute approximate surface area is 119 Å². The maximum absolute atomic E-state index is 2.56. The van der Waals surface area contributed by atoms with Crippen molar-refractivity contribution in [3.05, 3.63) is 35.9 Å². The number of rotatable bonds is 3. The highest BCUT2D eigenvalue weighted by Gasteiger charge is 2.33. The van der Waals surface area contributed by atoms with Gasteiger partial charge in [-0.05, 0) is 0 Å². The van der Waals surface area contributed by atoms with Crippen LogP contribution in [0.1, 0.15) is 26.3 Å². The molecule has 1 aliphatic heterocycles. The van der Waals surface area contributed by atoms with Crippen LogP contribution in [0.5, 0.6) is 0 Å². The molecule has 0 bridgehead atoms. The molecule has 1 atom stereocenters. The average Bonchev–Trinajstić information content (AvgIpc) is 2.62. The van der Waals surface area contributed by atoms with Gasteiger partial charge in [0.15, 0.2) is 12.6 Å². The Morgan fingerprint density at radius 3 is 2.53 bits per heavy atom. The van der Waals surface area contributed by atoms with Gasteiger partial charge in [-0.15, -0.1) is 0 Å². The maximum atomic E-state index is 2.56. The molecule has 0 unspecified atom stereocenters. The van der Waals surface area contributed by atoms with Gasteiger partial charge in [0.05, 0.1) is 5.75 Å². The molecule has 0 aliphatic carbocycles. The molecule has 2 rings (SSSR count). The summed E-state index contributed by atoms with van der Waals surface area (Å²) >= 11 is 2.00. The number of hydrogen-bond acceptors (Lipinski definition) is 1. The fraction of sp³-hybridized carbons (Fsp3) is 0.500. The van der Waals surface area contributed by atoms with E-state index in [1.54, 1.807) is 0 Å². The van der Waals surface area contributed by atoms with Gasteiger partial charge < -0.3 is 17.0 Å². The van der Waals surface area contributed by atoms with E-state index in [0.717, 1.165) is 12.5 Å². The Balaban J connectivity index is 0.00000144. The first kappa shape index (κ1) is 14.8. The summed E-state index contributed by atoms with van der Waals surface area (Å²) in [6.45, 7) is 7.95. The Bertz CT molecular complexity index is 386. The van der Waals surface area contributed by atoms with E-state index in [9.17, 15) is 0 Å². The van der Waals surface area contributed by atoms with Crippen LogP contribution in [0.2, 0.25) is 0 Å². The summed E-state index contributed by atoms with van der Waals surface area (Å²) in [6.07, 6.45) is 0. The molecule has 0 amide bonds. The molecule has 3 heteroatoms. The minimum Gasteiger partial charge on any atom is -1.00 e. The third-order valence-corrected chi connectivity index (χ3v) is 4.39. The van der Waals surface area contributed by atoms with Crippen LogP contribution in [0.15, 0.2) is 30.3 Å². The topological polar surface area (TPSA) is 3.01 Å². The van der Waals surface area contributed by atoms with Crippen molar-refractivity contribution in [2.45, 2.75) is 33.4 Å². The van der Waals surface area contributed by atoms with Gasteiger partial charge >= 0.3 is 0 Å². The van der Waals surface area contributed by atoms with Crippen molar-refractivity contribution in [2.75, 3.05) is 5.75 Å². The van der Waals surface area contributed by atoms with Crippen LogP contribution in [-0.4, -0.2) is 21.4 Å². The molecule has 94 valence electrons. The van der Waals surface area contributed by atoms with Crippen LogP contribution < -0.4 is 17.0 Å². The molecule has 1 aromatic carbocycles.